The van der Waals surface area contributed by atoms with Crippen molar-refractivity contribution in [3.05, 3.63) is 11.1 Å². The first-order chi connectivity index (χ1) is 7.15. The lowest BCUT2D eigenvalue weighted by Gasteiger charge is -2.24. The van der Waals surface area contributed by atoms with Crippen LogP contribution >= 0.6 is 0 Å². The minimum absolute atomic E-state index is 0.534. The second-order valence-corrected chi connectivity index (χ2v) is 4.68. The average Bonchev–Trinajstić information content (AvgIpc) is 2.26. The Kier molecular flexibility index (Phi) is 5.03. The highest BCUT2D eigenvalue weighted by Gasteiger charge is 2.18. The number of hydrogen-bond donors (Lipinski definition) is 2. The molecule has 1 fully saturated rings. The summed E-state index contributed by atoms with van der Waals surface area (Å²) in [7, 11) is 0. The highest BCUT2D eigenvalue weighted by molar-refractivity contribution is 5.86. The molecule has 0 aromatic rings. The highest BCUT2D eigenvalue weighted by atomic mass is 14.9. The minimum atomic E-state index is 0.534. The molecule has 0 radical (unpaired) electrons. The van der Waals surface area contributed by atoms with Crippen LogP contribution in [-0.4, -0.2) is 18.8 Å². The second kappa shape index (κ2) is 6.06. The molecule has 0 aromatic carbocycles. The maximum atomic E-state index is 8.15. The summed E-state index contributed by atoms with van der Waals surface area (Å²) in [5, 5.41) is 11.5. The zero-order valence-electron chi connectivity index (χ0n) is 10.3. The third kappa shape index (κ3) is 3.78. The highest BCUT2D eigenvalue weighted by Crippen LogP contribution is 2.20. The van der Waals surface area contributed by atoms with Gasteiger partial charge < -0.3 is 10.7 Å². The molecule has 15 heavy (non-hydrogen) atoms. The summed E-state index contributed by atoms with van der Waals surface area (Å²) in [5.41, 5.74) is 3.81. The van der Waals surface area contributed by atoms with E-state index in [1.165, 1.54) is 11.1 Å². The maximum absolute atomic E-state index is 8.15. The van der Waals surface area contributed by atoms with Crippen LogP contribution in [0.2, 0.25) is 0 Å². The van der Waals surface area contributed by atoms with Gasteiger partial charge >= 0.3 is 0 Å². The van der Waals surface area contributed by atoms with Crippen LogP contribution < -0.4 is 5.32 Å². The van der Waals surface area contributed by atoms with Crippen molar-refractivity contribution >= 4 is 5.71 Å². The van der Waals surface area contributed by atoms with E-state index in [2.05, 4.69) is 26.1 Å². The smallest absolute Gasteiger partial charge is 0.0161 e. The van der Waals surface area contributed by atoms with Gasteiger partial charge in [0.25, 0.3) is 0 Å². The Bertz CT molecular complexity index is 243. The molecule has 0 bridgehead atoms. The Morgan fingerprint density at radius 1 is 1.27 bits per heavy atom. The Balaban J connectivity index is 2.50. The van der Waals surface area contributed by atoms with Crippen molar-refractivity contribution in [1.82, 2.24) is 5.32 Å². The predicted molar refractivity (Wildman–Crippen MR) is 66.6 cm³/mol. The van der Waals surface area contributed by atoms with E-state index >= 15 is 0 Å². The Labute approximate surface area is 93.7 Å². The molecule has 2 N–H and O–H groups in total. The molecule has 0 atom stereocenters. The number of rotatable bonds is 4. The van der Waals surface area contributed by atoms with E-state index in [4.69, 9.17) is 5.41 Å². The average molecular weight is 208 g/mol. The van der Waals surface area contributed by atoms with Crippen LogP contribution in [0.3, 0.4) is 0 Å². The topological polar surface area (TPSA) is 35.9 Å². The number of nitrogens with one attached hydrogen (secondary N) is 2. The van der Waals surface area contributed by atoms with Crippen molar-refractivity contribution in [2.75, 3.05) is 13.1 Å². The van der Waals surface area contributed by atoms with Crippen molar-refractivity contribution in [1.29, 1.82) is 5.41 Å². The summed E-state index contributed by atoms with van der Waals surface area (Å²) in [6.45, 7) is 8.69. The molecular formula is C13H24N2. The quantitative estimate of drug-likeness (QED) is 0.540. The zero-order valence-corrected chi connectivity index (χ0v) is 10.3. The molecular weight excluding hydrogens is 184 g/mol. The van der Waals surface area contributed by atoms with Gasteiger partial charge in [-0.05, 0) is 52.1 Å². The van der Waals surface area contributed by atoms with Crippen molar-refractivity contribution in [2.45, 2.75) is 46.5 Å². The molecule has 1 saturated heterocycles. The summed E-state index contributed by atoms with van der Waals surface area (Å²) in [4.78, 5) is 0. The van der Waals surface area contributed by atoms with E-state index in [9.17, 15) is 0 Å². The predicted octanol–water partition coefficient (Wildman–Crippen LogP) is 3.14. The molecule has 1 aliphatic rings. The molecule has 0 amide bonds. The van der Waals surface area contributed by atoms with E-state index in [1.54, 1.807) is 0 Å². The van der Waals surface area contributed by atoms with E-state index in [0.29, 0.717) is 5.92 Å². The van der Waals surface area contributed by atoms with Gasteiger partial charge in [0.2, 0.25) is 0 Å². The molecule has 0 aromatic heterocycles. The lowest BCUT2D eigenvalue weighted by Crippen LogP contribution is -2.31. The summed E-state index contributed by atoms with van der Waals surface area (Å²) in [6, 6.07) is 0. The molecule has 0 saturated carbocycles. The van der Waals surface area contributed by atoms with Crippen molar-refractivity contribution in [2.24, 2.45) is 5.92 Å². The summed E-state index contributed by atoms with van der Waals surface area (Å²) >= 11 is 0. The Hall–Kier alpha value is -0.630. The van der Waals surface area contributed by atoms with Gasteiger partial charge in [0.1, 0.15) is 0 Å². The normalized spacial score (nSPS) is 17.5. The molecule has 0 aliphatic carbocycles. The van der Waals surface area contributed by atoms with Gasteiger partial charge in [0.15, 0.2) is 0 Å². The van der Waals surface area contributed by atoms with Crippen LogP contribution in [0.1, 0.15) is 46.5 Å². The zero-order chi connectivity index (χ0) is 11.3. The van der Waals surface area contributed by atoms with E-state index in [-0.39, 0.29) is 0 Å². The number of piperidine rings is 1. The molecule has 2 heteroatoms. The SMILES string of the molecule is CCC(CC(=N)C1CCNCC1)=C(C)C. The Morgan fingerprint density at radius 2 is 1.87 bits per heavy atom. The van der Waals surface area contributed by atoms with Gasteiger partial charge in [-0.2, -0.15) is 0 Å². The first-order valence-corrected chi connectivity index (χ1v) is 6.08. The van der Waals surface area contributed by atoms with E-state index < -0.39 is 0 Å². The first kappa shape index (κ1) is 12.4. The number of allylic oxidation sites excluding steroid dienone is 2. The standard InChI is InChI=1S/C13H24N2/c1-4-11(10(2)3)9-13(14)12-5-7-15-8-6-12/h12,14-15H,4-9H2,1-3H3. The molecule has 1 rings (SSSR count). The monoisotopic (exact) mass is 208 g/mol. The first-order valence-electron chi connectivity index (χ1n) is 6.08. The van der Waals surface area contributed by atoms with Crippen LogP contribution in [0, 0.1) is 11.3 Å². The summed E-state index contributed by atoms with van der Waals surface area (Å²) in [5.74, 6) is 0.534. The van der Waals surface area contributed by atoms with Gasteiger partial charge in [-0.3, -0.25) is 0 Å². The van der Waals surface area contributed by atoms with Crippen LogP contribution in [0.25, 0.3) is 0 Å². The third-order valence-corrected chi connectivity index (χ3v) is 3.37. The van der Waals surface area contributed by atoms with Crippen molar-refractivity contribution < 1.29 is 0 Å². The lowest BCUT2D eigenvalue weighted by molar-refractivity contribution is 0.452. The fraction of sp³-hybridized carbons (Fsp3) is 0.769. The van der Waals surface area contributed by atoms with Crippen LogP contribution in [0.5, 0.6) is 0 Å². The van der Waals surface area contributed by atoms with E-state index in [0.717, 1.165) is 44.5 Å². The van der Waals surface area contributed by atoms with Crippen LogP contribution in [0.15, 0.2) is 11.1 Å². The van der Waals surface area contributed by atoms with Gasteiger partial charge in [0, 0.05) is 12.1 Å². The second-order valence-electron chi connectivity index (χ2n) is 4.68. The minimum Gasteiger partial charge on any atom is -0.317 e. The maximum Gasteiger partial charge on any atom is 0.0161 e. The summed E-state index contributed by atoms with van der Waals surface area (Å²) in [6.07, 6.45) is 4.30. The molecule has 1 aliphatic heterocycles. The third-order valence-electron chi connectivity index (χ3n) is 3.37. The van der Waals surface area contributed by atoms with Gasteiger partial charge in [-0.25, -0.2) is 0 Å². The fourth-order valence-corrected chi connectivity index (χ4v) is 2.20. The van der Waals surface area contributed by atoms with Gasteiger partial charge in [-0.15, -0.1) is 0 Å². The molecule has 86 valence electrons. The molecule has 1 heterocycles. The molecule has 0 spiro atoms. The molecule has 2 nitrogen and oxygen atoms in total. The fourth-order valence-electron chi connectivity index (χ4n) is 2.20. The summed E-state index contributed by atoms with van der Waals surface area (Å²) < 4.78 is 0. The van der Waals surface area contributed by atoms with Crippen LogP contribution in [-0.2, 0) is 0 Å². The molecule has 0 unspecified atom stereocenters. The Morgan fingerprint density at radius 3 is 2.33 bits per heavy atom. The van der Waals surface area contributed by atoms with E-state index in [1.807, 2.05) is 0 Å². The largest absolute Gasteiger partial charge is 0.317 e. The lowest BCUT2D eigenvalue weighted by atomic mass is 9.88. The van der Waals surface area contributed by atoms with Crippen molar-refractivity contribution in [3.8, 4) is 0 Å². The van der Waals surface area contributed by atoms with Crippen LogP contribution in [0.4, 0.5) is 0 Å². The van der Waals surface area contributed by atoms with Crippen molar-refractivity contribution in [3.63, 3.8) is 0 Å². The van der Waals surface area contributed by atoms with Gasteiger partial charge in [-0.1, -0.05) is 18.1 Å². The van der Waals surface area contributed by atoms with Gasteiger partial charge in [0.05, 0.1) is 0 Å². The number of hydrogen-bond acceptors (Lipinski definition) is 2.